The third kappa shape index (κ3) is 5.05. The number of nitrogens with one attached hydrogen (secondary N) is 2. The molecule has 0 spiro atoms. The van der Waals surface area contributed by atoms with Crippen LogP contribution in [-0.4, -0.2) is 37.0 Å². The summed E-state index contributed by atoms with van der Waals surface area (Å²) in [4.78, 5) is 14.1. The average molecular weight is 386 g/mol. The van der Waals surface area contributed by atoms with E-state index in [0.717, 1.165) is 34.4 Å². The molecule has 0 amide bonds. The van der Waals surface area contributed by atoms with Crippen LogP contribution in [0.1, 0.15) is 24.9 Å². The average Bonchev–Trinajstić information content (AvgIpc) is 3.10. The lowest BCUT2D eigenvalue weighted by Gasteiger charge is -2.21. The van der Waals surface area contributed by atoms with E-state index in [-0.39, 0.29) is 12.0 Å². The SMILES string of the molecule is CSc1cc2c([nH]1)=NCN(c1ccc(C(C)NCCCN=C(N)N)cc1)C=2. The zero-order chi connectivity index (χ0) is 19.2. The Morgan fingerprint density at radius 2 is 2.15 bits per heavy atom. The van der Waals surface area contributed by atoms with Crippen molar-refractivity contribution < 1.29 is 0 Å². The lowest BCUT2D eigenvalue weighted by atomic mass is 10.1. The third-order valence-corrected chi connectivity index (χ3v) is 5.16. The number of nitrogens with zero attached hydrogens (tertiary/aromatic N) is 3. The van der Waals surface area contributed by atoms with Gasteiger partial charge in [0.25, 0.3) is 0 Å². The highest BCUT2D eigenvalue weighted by Crippen LogP contribution is 2.20. The van der Waals surface area contributed by atoms with Crippen LogP contribution in [0.25, 0.3) is 6.20 Å². The molecule has 1 aromatic carbocycles. The summed E-state index contributed by atoms with van der Waals surface area (Å²) in [5.74, 6) is 0.149. The minimum atomic E-state index is 0.149. The molecule has 0 saturated heterocycles. The number of aromatic amines is 1. The number of thioether (sulfide) groups is 1. The van der Waals surface area contributed by atoms with E-state index in [1.807, 2.05) is 0 Å². The quantitative estimate of drug-likeness (QED) is 0.234. The van der Waals surface area contributed by atoms with E-state index in [1.165, 1.54) is 5.56 Å². The predicted octanol–water partition coefficient (Wildman–Crippen LogP) is 0.886. The Bertz CT molecular complexity index is 897. The predicted molar refractivity (Wildman–Crippen MR) is 113 cm³/mol. The number of aliphatic imine (C=N–C) groups is 1. The van der Waals surface area contributed by atoms with Crippen LogP contribution < -0.4 is 32.4 Å². The van der Waals surface area contributed by atoms with Crippen molar-refractivity contribution in [3.63, 3.8) is 0 Å². The fourth-order valence-electron chi connectivity index (χ4n) is 2.96. The van der Waals surface area contributed by atoms with Crippen LogP contribution in [0.3, 0.4) is 0 Å². The number of anilines is 1. The molecule has 2 heterocycles. The number of benzene rings is 1. The molecule has 2 aromatic rings. The van der Waals surface area contributed by atoms with Crippen LogP contribution in [0.4, 0.5) is 5.69 Å². The largest absolute Gasteiger partial charge is 0.370 e. The zero-order valence-corrected chi connectivity index (χ0v) is 16.6. The van der Waals surface area contributed by atoms with E-state index < -0.39 is 0 Å². The summed E-state index contributed by atoms with van der Waals surface area (Å²) >= 11 is 1.69. The zero-order valence-electron chi connectivity index (χ0n) is 15.8. The summed E-state index contributed by atoms with van der Waals surface area (Å²) in [5.41, 5.74) is 14.0. The Morgan fingerprint density at radius 1 is 1.37 bits per heavy atom. The van der Waals surface area contributed by atoms with Crippen molar-refractivity contribution in [2.45, 2.75) is 24.4 Å². The van der Waals surface area contributed by atoms with Gasteiger partial charge in [-0.05, 0) is 49.9 Å². The van der Waals surface area contributed by atoms with Crippen LogP contribution in [0, 0.1) is 0 Å². The van der Waals surface area contributed by atoms with E-state index in [2.05, 4.69) is 74.9 Å². The molecule has 1 atom stereocenters. The second-order valence-electron chi connectivity index (χ2n) is 6.47. The molecule has 7 nitrogen and oxygen atoms in total. The van der Waals surface area contributed by atoms with Gasteiger partial charge >= 0.3 is 0 Å². The van der Waals surface area contributed by atoms with Crippen molar-refractivity contribution in [1.29, 1.82) is 0 Å². The number of hydrogen-bond acceptors (Lipinski definition) is 5. The Morgan fingerprint density at radius 3 is 2.85 bits per heavy atom. The van der Waals surface area contributed by atoms with Gasteiger partial charge in [0.05, 0.1) is 5.03 Å². The first-order valence-electron chi connectivity index (χ1n) is 9.01. The second kappa shape index (κ2) is 8.96. The monoisotopic (exact) mass is 385 g/mol. The van der Waals surface area contributed by atoms with Crippen LogP contribution in [0.15, 0.2) is 45.3 Å². The van der Waals surface area contributed by atoms with Gasteiger partial charge in [-0.1, -0.05) is 12.1 Å². The summed E-state index contributed by atoms with van der Waals surface area (Å²) in [5, 5.41) is 5.76. The third-order valence-electron chi connectivity index (χ3n) is 4.50. The van der Waals surface area contributed by atoms with Gasteiger partial charge in [0, 0.05) is 29.7 Å². The maximum absolute atomic E-state index is 5.33. The summed E-state index contributed by atoms with van der Waals surface area (Å²) in [6.45, 7) is 4.30. The molecule has 1 aliphatic rings. The van der Waals surface area contributed by atoms with Gasteiger partial charge in [-0.15, -0.1) is 11.8 Å². The summed E-state index contributed by atoms with van der Waals surface area (Å²) in [6.07, 6.45) is 5.12. The van der Waals surface area contributed by atoms with Crippen molar-refractivity contribution in [1.82, 2.24) is 10.3 Å². The van der Waals surface area contributed by atoms with Crippen molar-refractivity contribution >= 4 is 29.6 Å². The highest BCUT2D eigenvalue weighted by atomic mass is 32.2. The highest BCUT2D eigenvalue weighted by molar-refractivity contribution is 7.98. The van der Waals surface area contributed by atoms with E-state index in [9.17, 15) is 0 Å². The molecule has 0 radical (unpaired) electrons. The fourth-order valence-corrected chi connectivity index (χ4v) is 3.41. The molecule has 3 rings (SSSR count). The Balaban J connectivity index is 1.59. The van der Waals surface area contributed by atoms with E-state index in [1.54, 1.807) is 11.8 Å². The molecule has 144 valence electrons. The lowest BCUT2D eigenvalue weighted by Crippen LogP contribution is -2.34. The van der Waals surface area contributed by atoms with Gasteiger partial charge in [0.1, 0.15) is 12.2 Å². The molecule has 0 aliphatic carbocycles. The number of guanidine groups is 1. The van der Waals surface area contributed by atoms with Crippen LogP contribution in [-0.2, 0) is 0 Å². The van der Waals surface area contributed by atoms with Crippen molar-refractivity contribution in [3.8, 4) is 0 Å². The second-order valence-corrected chi connectivity index (χ2v) is 7.32. The fraction of sp³-hybridized carbons (Fsp3) is 0.368. The van der Waals surface area contributed by atoms with Gasteiger partial charge in [-0.2, -0.15) is 0 Å². The molecule has 0 saturated carbocycles. The van der Waals surface area contributed by atoms with Crippen LogP contribution in [0.5, 0.6) is 0 Å². The minimum Gasteiger partial charge on any atom is -0.370 e. The number of hydrogen-bond donors (Lipinski definition) is 4. The van der Waals surface area contributed by atoms with Crippen molar-refractivity contribution in [2.24, 2.45) is 21.5 Å². The lowest BCUT2D eigenvalue weighted by molar-refractivity contribution is 0.562. The van der Waals surface area contributed by atoms with Gasteiger partial charge in [-0.3, -0.25) is 4.99 Å². The normalized spacial score (nSPS) is 14.1. The highest BCUT2D eigenvalue weighted by Gasteiger charge is 2.10. The number of H-pyrrole nitrogens is 1. The first-order chi connectivity index (χ1) is 13.1. The Kier molecular flexibility index (Phi) is 6.41. The first-order valence-corrected chi connectivity index (χ1v) is 10.2. The summed E-state index contributed by atoms with van der Waals surface area (Å²) in [6, 6.07) is 11.0. The van der Waals surface area contributed by atoms with E-state index >= 15 is 0 Å². The number of fused-ring (bicyclic) bond motifs is 1. The Labute approximate surface area is 163 Å². The Hall–Kier alpha value is -2.45. The molecule has 8 heteroatoms. The van der Waals surface area contributed by atoms with Crippen molar-refractivity contribution in [2.75, 3.05) is 30.9 Å². The van der Waals surface area contributed by atoms with Gasteiger partial charge < -0.3 is 26.7 Å². The molecule has 6 N–H and O–H groups in total. The maximum Gasteiger partial charge on any atom is 0.185 e. The van der Waals surface area contributed by atoms with Crippen molar-refractivity contribution in [3.05, 3.63) is 46.6 Å². The smallest absolute Gasteiger partial charge is 0.185 e. The molecule has 1 aromatic heterocycles. The van der Waals surface area contributed by atoms with Gasteiger partial charge in [0.2, 0.25) is 0 Å². The molecule has 1 aliphatic heterocycles. The first kappa shape index (κ1) is 19.3. The van der Waals surface area contributed by atoms with E-state index in [4.69, 9.17) is 11.5 Å². The molecular weight excluding hydrogens is 358 g/mol. The van der Waals surface area contributed by atoms with Gasteiger partial charge in [0.15, 0.2) is 5.96 Å². The minimum absolute atomic E-state index is 0.149. The summed E-state index contributed by atoms with van der Waals surface area (Å²) < 4.78 is 0. The molecular formula is C19H27N7S. The number of aromatic nitrogens is 1. The molecule has 1 unspecified atom stereocenters. The number of rotatable bonds is 8. The molecule has 27 heavy (non-hydrogen) atoms. The molecule has 0 bridgehead atoms. The van der Waals surface area contributed by atoms with E-state index in [0.29, 0.717) is 13.2 Å². The summed E-state index contributed by atoms with van der Waals surface area (Å²) in [7, 11) is 0. The topological polar surface area (TPSA) is 108 Å². The van der Waals surface area contributed by atoms with Crippen LogP contribution >= 0.6 is 11.8 Å². The van der Waals surface area contributed by atoms with Crippen LogP contribution in [0.2, 0.25) is 0 Å². The maximum atomic E-state index is 5.33. The molecule has 0 fully saturated rings. The standard InChI is InChI=1S/C19H27N7S/c1-13(22-8-3-9-23-19(20)21)14-4-6-16(7-5-14)26-11-15-10-17(27-2)25-18(15)24-12-26/h4-7,10-11,13,22H,3,8-9,12H2,1-2H3,(H,24,25)(H4,20,21,23). The van der Waals surface area contributed by atoms with Gasteiger partial charge in [-0.25, -0.2) is 4.99 Å². The number of nitrogens with two attached hydrogens (primary N) is 2.